The van der Waals surface area contributed by atoms with Gasteiger partial charge in [-0.25, -0.2) is 13.8 Å². The molecule has 0 saturated carbocycles. The average Bonchev–Trinajstić information content (AvgIpc) is 2.70. The van der Waals surface area contributed by atoms with E-state index in [1.165, 1.54) is 42.6 Å². The number of amides is 1. The van der Waals surface area contributed by atoms with Gasteiger partial charge in [-0.2, -0.15) is 5.10 Å². The van der Waals surface area contributed by atoms with Crippen LogP contribution in [0.5, 0.6) is 5.75 Å². The van der Waals surface area contributed by atoms with Gasteiger partial charge in [0.15, 0.2) is 0 Å². The van der Waals surface area contributed by atoms with Crippen LogP contribution in [0, 0.1) is 13.8 Å². The topological polar surface area (TPSA) is 108 Å². The molecular weight excluding hydrogens is 402 g/mol. The van der Waals surface area contributed by atoms with Crippen LogP contribution in [0.15, 0.2) is 76.7 Å². The number of sulfonamides is 1. The first-order chi connectivity index (χ1) is 14.2. The number of hydrazone groups is 1. The van der Waals surface area contributed by atoms with Crippen molar-refractivity contribution in [1.29, 1.82) is 0 Å². The summed E-state index contributed by atoms with van der Waals surface area (Å²) in [5.74, 6) is -0.477. The van der Waals surface area contributed by atoms with Gasteiger partial charge in [0.1, 0.15) is 5.75 Å². The van der Waals surface area contributed by atoms with Gasteiger partial charge < -0.3 is 5.11 Å². The molecule has 0 aromatic heterocycles. The quantitative estimate of drug-likeness (QED) is 0.416. The molecule has 30 heavy (non-hydrogen) atoms. The second kappa shape index (κ2) is 8.79. The number of carbonyl (C=O) groups is 1. The van der Waals surface area contributed by atoms with Crippen LogP contribution >= 0.6 is 0 Å². The van der Waals surface area contributed by atoms with Gasteiger partial charge in [-0.05, 0) is 61.4 Å². The molecule has 0 atom stereocenters. The molecule has 7 nitrogen and oxygen atoms in total. The van der Waals surface area contributed by atoms with Crippen molar-refractivity contribution in [2.45, 2.75) is 18.7 Å². The molecule has 0 bridgehead atoms. The highest BCUT2D eigenvalue weighted by atomic mass is 32.2. The number of carbonyl (C=O) groups excluding carboxylic acids is 1. The Morgan fingerprint density at radius 1 is 1.00 bits per heavy atom. The van der Waals surface area contributed by atoms with Crippen molar-refractivity contribution in [3.63, 3.8) is 0 Å². The zero-order chi connectivity index (χ0) is 21.7. The predicted molar refractivity (Wildman–Crippen MR) is 116 cm³/mol. The minimum atomic E-state index is -3.87. The zero-order valence-electron chi connectivity index (χ0n) is 16.5. The fraction of sp³-hybridized carbons (Fsp3) is 0.0909. The molecule has 0 saturated heterocycles. The second-order valence-corrected chi connectivity index (χ2v) is 8.43. The molecule has 0 unspecified atom stereocenters. The SMILES string of the molecule is Cc1ccc(NS(=O)(=O)c2cccc(C(=O)NN=Cc3cccc(O)c3)c2)c(C)c1. The summed E-state index contributed by atoms with van der Waals surface area (Å²) in [5, 5.41) is 13.3. The molecule has 0 aliphatic heterocycles. The fourth-order valence-corrected chi connectivity index (χ4v) is 3.95. The minimum Gasteiger partial charge on any atom is -0.508 e. The summed E-state index contributed by atoms with van der Waals surface area (Å²) in [6.45, 7) is 3.75. The molecule has 8 heteroatoms. The van der Waals surface area contributed by atoms with Crippen LogP contribution in [0.3, 0.4) is 0 Å². The van der Waals surface area contributed by atoms with Gasteiger partial charge >= 0.3 is 0 Å². The molecule has 0 aliphatic rings. The largest absolute Gasteiger partial charge is 0.508 e. The maximum absolute atomic E-state index is 12.7. The minimum absolute atomic E-state index is 0.0351. The fourth-order valence-electron chi connectivity index (χ4n) is 2.77. The number of nitrogens with zero attached hydrogens (tertiary/aromatic N) is 1. The van der Waals surface area contributed by atoms with Gasteiger partial charge in [-0.3, -0.25) is 9.52 Å². The molecule has 3 rings (SSSR count). The van der Waals surface area contributed by atoms with Crippen molar-refractivity contribution in [1.82, 2.24) is 5.43 Å². The lowest BCUT2D eigenvalue weighted by molar-refractivity contribution is 0.0955. The molecule has 3 aromatic rings. The maximum Gasteiger partial charge on any atom is 0.271 e. The number of phenols is 1. The predicted octanol–water partition coefficient (Wildman–Crippen LogP) is 3.57. The van der Waals surface area contributed by atoms with E-state index in [-0.39, 0.29) is 16.2 Å². The molecule has 0 heterocycles. The molecule has 0 radical (unpaired) electrons. The van der Waals surface area contributed by atoms with E-state index in [0.29, 0.717) is 11.3 Å². The first-order valence-corrected chi connectivity index (χ1v) is 10.6. The monoisotopic (exact) mass is 423 g/mol. The Hall–Kier alpha value is -3.65. The van der Waals surface area contributed by atoms with E-state index >= 15 is 0 Å². The number of phenolic OH excluding ortho intramolecular Hbond substituents is 1. The van der Waals surface area contributed by atoms with Gasteiger partial charge in [0, 0.05) is 5.56 Å². The normalized spacial score (nSPS) is 11.4. The van der Waals surface area contributed by atoms with Crippen molar-refractivity contribution < 1.29 is 18.3 Å². The number of aryl methyl sites for hydroxylation is 2. The van der Waals surface area contributed by atoms with Crippen LogP contribution in [-0.2, 0) is 10.0 Å². The smallest absolute Gasteiger partial charge is 0.271 e. The van der Waals surface area contributed by atoms with Gasteiger partial charge in [-0.15, -0.1) is 0 Å². The van der Waals surface area contributed by atoms with E-state index in [1.807, 2.05) is 26.0 Å². The van der Waals surface area contributed by atoms with Gasteiger partial charge in [0.2, 0.25) is 0 Å². The number of aromatic hydroxyl groups is 1. The van der Waals surface area contributed by atoms with Gasteiger partial charge in [-0.1, -0.05) is 35.9 Å². The van der Waals surface area contributed by atoms with E-state index in [0.717, 1.165) is 11.1 Å². The molecule has 154 valence electrons. The molecule has 0 fully saturated rings. The Morgan fingerprint density at radius 2 is 1.77 bits per heavy atom. The summed E-state index contributed by atoms with van der Waals surface area (Å²) in [5.41, 5.74) is 5.40. The lowest BCUT2D eigenvalue weighted by atomic mass is 10.1. The third-order valence-corrected chi connectivity index (χ3v) is 5.65. The molecule has 0 spiro atoms. The third kappa shape index (κ3) is 5.24. The molecular formula is C22H21N3O4S. The Labute approximate surface area is 175 Å². The summed E-state index contributed by atoms with van der Waals surface area (Å²) in [6, 6.07) is 17.5. The van der Waals surface area contributed by atoms with E-state index in [2.05, 4.69) is 15.2 Å². The van der Waals surface area contributed by atoms with Crippen molar-refractivity contribution in [2.24, 2.45) is 5.10 Å². The number of anilines is 1. The lowest BCUT2D eigenvalue weighted by Gasteiger charge is -2.12. The van der Waals surface area contributed by atoms with Crippen LogP contribution in [0.1, 0.15) is 27.0 Å². The number of hydrogen-bond acceptors (Lipinski definition) is 5. The highest BCUT2D eigenvalue weighted by molar-refractivity contribution is 7.92. The Morgan fingerprint density at radius 3 is 2.50 bits per heavy atom. The highest BCUT2D eigenvalue weighted by Gasteiger charge is 2.17. The van der Waals surface area contributed by atoms with Crippen LogP contribution in [0.25, 0.3) is 0 Å². The van der Waals surface area contributed by atoms with Gasteiger partial charge in [0.05, 0.1) is 16.8 Å². The first-order valence-electron chi connectivity index (χ1n) is 9.07. The molecule has 1 amide bonds. The zero-order valence-corrected chi connectivity index (χ0v) is 17.3. The van der Waals surface area contributed by atoms with Crippen molar-refractivity contribution in [3.05, 3.63) is 89.0 Å². The first kappa shape index (κ1) is 21.1. The number of rotatable bonds is 6. The van der Waals surface area contributed by atoms with Crippen LogP contribution in [-0.4, -0.2) is 25.6 Å². The Bertz CT molecular complexity index is 1220. The van der Waals surface area contributed by atoms with Crippen molar-refractivity contribution >= 4 is 27.8 Å². The maximum atomic E-state index is 12.7. The second-order valence-electron chi connectivity index (χ2n) is 6.75. The summed E-state index contributed by atoms with van der Waals surface area (Å²) < 4.78 is 28.1. The van der Waals surface area contributed by atoms with E-state index in [9.17, 15) is 18.3 Å². The summed E-state index contributed by atoms with van der Waals surface area (Å²) in [4.78, 5) is 12.3. The number of nitrogens with one attached hydrogen (secondary N) is 2. The molecule has 3 N–H and O–H groups in total. The van der Waals surface area contributed by atoms with Crippen molar-refractivity contribution in [2.75, 3.05) is 4.72 Å². The van der Waals surface area contributed by atoms with Crippen molar-refractivity contribution in [3.8, 4) is 5.75 Å². The average molecular weight is 423 g/mol. The van der Waals surface area contributed by atoms with Crippen LogP contribution in [0.2, 0.25) is 0 Å². The lowest BCUT2D eigenvalue weighted by Crippen LogP contribution is -2.19. The summed E-state index contributed by atoms with van der Waals surface area (Å²) in [6.07, 6.45) is 1.37. The molecule has 0 aliphatic carbocycles. The standard InChI is InChI=1S/C22H21N3O4S/c1-15-9-10-21(16(2)11-15)25-30(28,29)20-8-4-6-18(13-20)22(27)24-23-14-17-5-3-7-19(26)12-17/h3-14,25-26H,1-2H3,(H,24,27). The summed E-state index contributed by atoms with van der Waals surface area (Å²) >= 11 is 0. The van der Waals surface area contributed by atoms with Crippen LogP contribution < -0.4 is 10.1 Å². The molecule has 3 aromatic carbocycles. The highest BCUT2D eigenvalue weighted by Crippen LogP contribution is 2.21. The number of benzene rings is 3. The van der Waals surface area contributed by atoms with Crippen LogP contribution in [0.4, 0.5) is 5.69 Å². The number of hydrogen-bond donors (Lipinski definition) is 3. The van der Waals surface area contributed by atoms with Gasteiger partial charge in [0.25, 0.3) is 15.9 Å². The Kier molecular flexibility index (Phi) is 6.17. The van der Waals surface area contributed by atoms with E-state index in [1.54, 1.807) is 18.2 Å². The third-order valence-electron chi connectivity index (χ3n) is 4.28. The van der Waals surface area contributed by atoms with E-state index in [4.69, 9.17) is 0 Å². The summed E-state index contributed by atoms with van der Waals surface area (Å²) in [7, 11) is -3.87. The van der Waals surface area contributed by atoms with E-state index < -0.39 is 15.9 Å². The Balaban J connectivity index is 1.75.